The highest BCUT2D eigenvalue weighted by Gasteiger charge is 2.13. The number of aromatic nitrogens is 2. The quantitative estimate of drug-likeness (QED) is 0.204. The maximum absolute atomic E-state index is 5.03. The number of benzene rings is 6. The largest absolute Gasteiger partial charge is 0.237 e. The van der Waals surface area contributed by atoms with E-state index in [1.165, 1.54) is 49.0 Å². The van der Waals surface area contributed by atoms with E-state index in [1.807, 2.05) is 12.3 Å². The van der Waals surface area contributed by atoms with Crippen molar-refractivity contribution in [2.24, 2.45) is 5.92 Å². The zero-order chi connectivity index (χ0) is 28.8. The molecule has 204 valence electrons. The van der Waals surface area contributed by atoms with Gasteiger partial charge in [0.15, 0.2) is 5.82 Å². The third-order valence-electron chi connectivity index (χ3n) is 8.66. The lowest BCUT2D eigenvalue weighted by Crippen LogP contribution is -1.97. The molecule has 0 bridgehead atoms. The highest BCUT2D eigenvalue weighted by Crippen LogP contribution is 2.37. The molecule has 8 rings (SSSR count). The second-order valence-corrected chi connectivity index (χ2v) is 11.5. The Kier molecular flexibility index (Phi) is 6.19. The summed E-state index contributed by atoms with van der Waals surface area (Å²) < 4.78 is 0. The Morgan fingerprint density at radius 1 is 0.535 bits per heavy atom. The molecule has 1 unspecified atom stereocenters. The Hall–Kier alpha value is -5.34. The van der Waals surface area contributed by atoms with E-state index in [2.05, 4.69) is 145 Å². The van der Waals surface area contributed by atoms with Crippen LogP contribution in [-0.2, 0) is 0 Å². The first-order chi connectivity index (χ1) is 21.2. The minimum Gasteiger partial charge on any atom is -0.237 e. The molecule has 2 heteroatoms. The SMILES string of the molecule is CC1C=CC=C(c2cccc(-c3ccnc(-c4cccc(-c5ccc6c7ccccc7c7ccccc7c6c5)c4)n3)c2)C1. The van der Waals surface area contributed by atoms with Gasteiger partial charge in [-0.3, -0.25) is 0 Å². The van der Waals surface area contributed by atoms with E-state index in [-0.39, 0.29) is 0 Å². The van der Waals surface area contributed by atoms with Crippen LogP contribution in [0.25, 0.3) is 71.7 Å². The Morgan fingerprint density at radius 3 is 1.88 bits per heavy atom. The summed E-state index contributed by atoms with van der Waals surface area (Å²) >= 11 is 0. The third-order valence-corrected chi connectivity index (χ3v) is 8.66. The van der Waals surface area contributed by atoms with Gasteiger partial charge in [-0.1, -0.05) is 122 Å². The molecule has 0 spiro atoms. The second-order valence-electron chi connectivity index (χ2n) is 11.5. The van der Waals surface area contributed by atoms with Crippen molar-refractivity contribution in [3.63, 3.8) is 0 Å². The Labute approximate surface area is 251 Å². The van der Waals surface area contributed by atoms with Crippen LogP contribution in [0.5, 0.6) is 0 Å². The van der Waals surface area contributed by atoms with E-state index in [0.29, 0.717) is 5.92 Å². The van der Waals surface area contributed by atoms with Crippen LogP contribution in [0.1, 0.15) is 18.9 Å². The summed E-state index contributed by atoms with van der Waals surface area (Å²) in [6.07, 6.45) is 9.60. The number of rotatable bonds is 4. The second kappa shape index (κ2) is 10.5. The Bertz CT molecular complexity index is 2200. The van der Waals surface area contributed by atoms with Crippen LogP contribution in [0, 0.1) is 5.92 Å². The van der Waals surface area contributed by atoms with Crippen LogP contribution in [0.2, 0.25) is 0 Å². The molecule has 43 heavy (non-hydrogen) atoms. The molecule has 0 saturated carbocycles. The summed E-state index contributed by atoms with van der Waals surface area (Å²) in [7, 11) is 0. The van der Waals surface area contributed by atoms with Gasteiger partial charge in [-0.2, -0.15) is 0 Å². The van der Waals surface area contributed by atoms with E-state index >= 15 is 0 Å². The van der Waals surface area contributed by atoms with Gasteiger partial charge in [-0.25, -0.2) is 9.97 Å². The zero-order valence-electron chi connectivity index (χ0n) is 24.0. The van der Waals surface area contributed by atoms with E-state index in [1.54, 1.807) is 0 Å². The van der Waals surface area contributed by atoms with Crippen molar-refractivity contribution in [1.82, 2.24) is 9.97 Å². The molecule has 2 nitrogen and oxygen atoms in total. The highest BCUT2D eigenvalue weighted by molar-refractivity contribution is 6.25. The predicted molar refractivity (Wildman–Crippen MR) is 182 cm³/mol. The molecule has 1 atom stereocenters. The summed E-state index contributed by atoms with van der Waals surface area (Å²) in [4.78, 5) is 9.72. The fourth-order valence-corrected chi connectivity index (χ4v) is 6.52. The minimum atomic E-state index is 0.558. The topological polar surface area (TPSA) is 25.8 Å². The monoisotopic (exact) mass is 550 g/mol. The van der Waals surface area contributed by atoms with Crippen molar-refractivity contribution in [2.45, 2.75) is 13.3 Å². The van der Waals surface area contributed by atoms with Gasteiger partial charge in [0.1, 0.15) is 0 Å². The van der Waals surface area contributed by atoms with Gasteiger partial charge in [0, 0.05) is 17.3 Å². The maximum Gasteiger partial charge on any atom is 0.159 e. The molecule has 6 aromatic carbocycles. The van der Waals surface area contributed by atoms with Crippen molar-refractivity contribution in [1.29, 1.82) is 0 Å². The normalized spacial score (nSPS) is 14.8. The molecule has 0 radical (unpaired) electrons. The smallest absolute Gasteiger partial charge is 0.159 e. The van der Waals surface area contributed by atoms with Crippen LogP contribution < -0.4 is 0 Å². The number of fused-ring (bicyclic) bond motifs is 6. The van der Waals surface area contributed by atoms with Crippen LogP contribution >= 0.6 is 0 Å². The third kappa shape index (κ3) is 4.62. The molecule has 0 fully saturated rings. The van der Waals surface area contributed by atoms with E-state index in [9.17, 15) is 0 Å². The number of nitrogens with zero attached hydrogens (tertiary/aromatic N) is 2. The van der Waals surface area contributed by atoms with E-state index in [0.717, 1.165) is 34.6 Å². The van der Waals surface area contributed by atoms with E-state index in [4.69, 9.17) is 4.98 Å². The van der Waals surface area contributed by atoms with Crippen LogP contribution in [0.3, 0.4) is 0 Å². The first kappa shape index (κ1) is 25.4. The van der Waals surface area contributed by atoms with Crippen molar-refractivity contribution in [3.05, 3.63) is 151 Å². The molecule has 1 aliphatic carbocycles. The summed E-state index contributed by atoms with van der Waals surface area (Å²) in [6.45, 7) is 2.26. The van der Waals surface area contributed by atoms with Gasteiger partial charge in [-0.05, 0) is 91.2 Å². The Balaban J connectivity index is 1.18. The van der Waals surface area contributed by atoms with Gasteiger partial charge >= 0.3 is 0 Å². The molecule has 1 heterocycles. The zero-order valence-corrected chi connectivity index (χ0v) is 24.0. The first-order valence-electron chi connectivity index (χ1n) is 15.0. The minimum absolute atomic E-state index is 0.558. The molecule has 7 aromatic rings. The lowest BCUT2D eigenvalue weighted by Gasteiger charge is -2.15. The van der Waals surface area contributed by atoms with Crippen LogP contribution in [0.4, 0.5) is 0 Å². The van der Waals surface area contributed by atoms with Crippen molar-refractivity contribution < 1.29 is 0 Å². The lowest BCUT2D eigenvalue weighted by atomic mass is 9.90. The van der Waals surface area contributed by atoms with Gasteiger partial charge < -0.3 is 0 Å². The molecule has 0 aliphatic heterocycles. The summed E-state index contributed by atoms with van der Waals surface area (Å²) in [6, 6.07) is 43.6. The van der Waals surface area contributed by atoms with Crippen LogP contribution in [0.15, 0.2) is 146 Å². The Morgan fingerprint density at radius 2 is 1.14 bits per heavy atom. The molecule has 0 amide bonds. The average Bonchev–Trinajstić information content (AvgIpc) is 3.08. The summed E-state index contributed by atoms with van der Waals surface area (Å²) in [5.74, 6) is 1.29. The number of hydrogen-bond donors (Lipinski definition) is 0. The lowest BCUT2D eigenvalue weighted by molar-refractivity contribution is 0.749. The standard InChI is InChI=1S/C41H30N2/c1-27-9-6-10-28(23-27)29-11-7-13-32(24-29)40-21-22-42-41(43-40)33-14-8-12-30(25-33)31-19-20-38-36-17-3-2-15-34(36)35-16-4-5-18-37(35)39(38)26-31/h2-22,24-27H,23H2,1H3. The summed E-state index contributed by atoms with van der Waals surface area (Å²) in [5.41, 5.74) is 8.01. The fourth-order valence-electron chi connectivity index (χ4n) is 6.52. The highest BCUT2D eigenvalue weighted by atomic mass is 14.9. The predicted octanol–water partition coefficient (Wildman–Crippen LogP) is 10.9. The van der Waals surface area contributed by atoms with E-state index < -0.39 is 0 Å². The molecule has 1 aromatic heterocycles. The van der Waals surface area contributed by atoms with Crippen molar-refractivity contribution in [3.8, 4) is 33.8 Å². The van der Waals surface area contributed by atoms with Gasteiger partial charge in [-0.15, -0.1) is 0 Å². The average molecular weight is 551 g/mol. The summed E-state index contributed by atoms with van der Waals surface area (Å²) in [5, 5.41) is 7.70. The van der Waals surface area contributed by atoms with Gasteiger partial charge in [0.25, 0.3) is 0 Å². The molecule has 0 saturated heterocycles. The van der Waals surface area contributed by atoms with Crippen molar-refractivity contribution >= 4 is 37.9 Å². The van der Waals surface area contributed by atoms with Gasteiger partial charge in [0.2, 0.25) is 0 Å². The maximum atomic E-state index is 5.03. The van der Waals surface area contributed by atoms with Crippen molar-refractivity contribution in [2.75, 3.05) is 0 Å². The molecule has 0 N–H and O–H groups in total. The fraction of sp³-hybridized carbons (Fsp3) is 0.0732. The first-order valence-corrected chi connectivity index (χ1v) is 15.0. The van der Waals surface area contributed by atoms with Crippen LogP contribution in [-0.4, -0.2) is 9.97 Å². The molecular formula is C41H30N2. The number of hydrogen-bond acceptors (Lipinski definition) is 2. The molecule has 1 aliphatic rings. The number of allylic oxidation sites excluding steroid dienone is 4. The van der Waals surface area contributed by atoms with Gasteiger partial charge in [0.05, 0.1) is 5.69 Å². The molecular weight excluding hydrogens is 520 g/mol.